The molecule has 0 aliphatic carbocycles. The summed E-state index contributed by atoms with van der Waals surface area (Å²) in [6.45, 7) is 13.0. The van der Waals surface area contributed by atoms with Crippen LogP contribution in [-0.4, -0.2) is 60.1 Å². The van der Waals surface area contributed by atoms with Crippen LogP contribution in [0.4, 0.5) is 0 Å². The summed E-state index contributed by atoms with van der Waals surface area (Å²) >= 11 is 0. The Labute approximate surface area is 104 Å². The minimum absolute atomic E-state index is 0.0851. The van der Waals surface area contributed by atoms with E-state index in [1.54, 1.807) is 0 Å². The first kappa shape index (κ1) is 12.8. The van der Waals surface area contributed by atoms with E-state index in [4.69, 9.17) is 4.74 Å². The van der Waals surface area contributed by atoms with Gasteiger partial charge in [-0.3, -0.25) is 9.69 Å². The lowest BCUT2D eigenvalue weighted by Crippen LogP contribution is -2.72. The molecular formula is C13H24N2O2. The Bertz CT molecular complexity index is 298. The first-order valence-corrected chi connectivity index (χ1v) is 6.65. The van der Waals surface area contributed by atoms with Crippen molar-refractivity contribution in [3.8, 4) is 0 Å². The van der Waals surface area contributed by atoms with Crippen LogP contribution in [0.1, 0.15) is 27.7 Å². The Balaban J connectivity index is 1.93. The molecule has 0 radical (unpaired) electrons. The molecule has 4 heteroatoms. The molecule has 2 aliphatic heterocycles. The number of likely N-dealkylation sites (N-methyl/N-ethyl adjacent to an activating group) is 1. The maximum atomic E-state index is 11.8. The quantitative estimate of drug-likeness (QED) is 0.737. The fourth-order valence-corrected chi connectivity index (χ4v) is 3.00. The van der Waals surface area contributed by atoms with Gasteiger partial charge in [-0.1, -0.05) is 13.8 Å². The number of ether oxygens (including phenoxy) is 1. The molecule has 1 amide bonds. The molecule has 2 fully saturated rings. The van der Waals surface area contributed by atoms with Crippen LogP contribution in [0.25, 0.3) is 0 Å². The molecule has 2 saturated heterocycles. The SMILES string of the molecule is CCN1CC2(CN(CC(C)C)C2)O[C@@H](C)C1=O. The van der Waals surface area contributed by atoms with Gasteiger partial charge in [-0.15, -0.1) is 0 Å². The van der Waals surface area contributed by atoms with Crippen molar-refractivity contribution in [2.24, 2.45) is 5.92 Å². The lowest BCUT2D eigenvalue weighted by atomic mass is 9.90. The summed E-state index contributed by atoms with van der Waals surface area (Å²) in [5.41, 5.74) is -0.0851. The molecule has 0 saturated carbocycles. The normalized spacial score (nSPS) is 28.9. The van der Waals surface area contributed by atoms with E-state index in [2.05, 4.69) is 18.7 Å². The number of carbonyl (C=O) groups is 1. The number of morpholine rings is 1. The fourth-order valence-electron chi connectivity index (χ4n) is 3.00. The second-order valence-corrected chi connectivity index (χ2v) is 5.86. The van der Waals surface area contributed by atoms with Crippen molar-refractivity contribution in [1.82, 2.24) is 9.80 Å². The zero-order valence-electron chi connectivity index (χ0n) is 11.4. The molecule has 2 aliphatic rings. The van der Waals surface area contributed by atoms with Crippen LogP contribution in [0.15, 0.2) is 0 Å². The van der Waals surface area contributed by atoms with E-state index in [0.717, 1.165) is 32.7 Å². The van der Waals surface area contributed by atoms with E-state index in [1.807, 2.05) is 18.7 Å². The monoisotopic (exact) mass is 240 g/mol. The smallest absolute Gasteiger partial charge is 0.251 e. The maximum absolute atomic E-state index is 11.8. The molecule has 4 nitrogen and oxygen atoms in total. The van der Waals surface area contributed by atoms with Gasteiger partial charge in [0.05, 0.1) is 6.54 Å². The minimum atomic E-state index is -0.273. The highest BCUT2D eigenvalue weighted by molar-refractivity contribution is 5.81. The van der Waals surface area contributed by atoms with Crippen LogP contribution >= 0.6 is 0 Å². The Morgan fingerprint density at radius 3 is 2.59 bits per heavy atom. The van der Waals surface area contributed by atoms with E-state index in [1.165, 1.54) is 0 Å². The van der Waals surface area contributed by atoms with E-state index >= 15 is 0 Å². The highest BCUT2D eigenvalue weighted by atomic mass is 16.5. The van der Waals surface area contributed by atoms with Gasteiger partial charge in [-0.2, -0.15) is 0 Å². The highest BCUT2D eigenvalue weighted by Gasteiger charge is 2.50. The van der Waals surface area contributed by atoms with Crippen molar-refractivity contribution in [3.63, 3.8) is 0 Å². The van der Waals surface area contributed by atoms with E-state index in [-0.39, 0.29) is 17.6 Å². The number of rotatable bonds is 3. The Morgan fingerprint density at radius 2 is 2.06 bits per heavy atom. The number of likely N-dealkylation sites (tertiary alicyclic amines) is 1. The van der Waals surface area contributed by atoms with Gasteiger partial charge in [0.25, 0.3) is 5.91 Å². The highest BCUT2D eigenvalue weighted by Crippen LogP contribution is 2.32. The van der Waals surface area contributed by atoms with Crippen molar-refractivity contribution in [3.05, 3.63) is 0 Å². The van der Waals surface area contributed by atoms with Gasteiger partial charge >= 0.3 is 0 Å². The lowest BCUT2D eigenvalue weighted by Gasteiger charge is -2.55. The van der Waals surface area contributed by atoms with E-state index < -0.39 is 0 Å². The van der Waals surface area contributed by atoms with Gasteiger partial charge < -0.3 is 9.64 Å². The van der Waals surface area contributed by atoms with Crippen LogP contribution in [0.5, 0.6) is 0 Å². The molecule has 0 aromatic heterocycles. The predicted octanol–water partition coefficient (Wildman–Crippen LogP) is 0.964. The Kier molecular flexibility index (Phi) is 3.46. The van der Waals surface area contributed by atoms with Crippen molar-refractivity contribution in [2.75, 3.05) is 32.7 Å². The van der Waals surface area contributed by atoms with E-state index in [0.29, 0.717) is 5.92 Å². The van der Waals surface area contributed by atoms with Crippen LogP contribution < -0.4 is 0 Å². The molecule has 0 bridgehead atoms. The van der Waals surface area contributed by atoms with Gasteiger partial charge in [0.15, 0.2) is 0 Å². The molecule has 98 valence electrons. The number of hydrogen-bond acceptors (Lipinski definition) is 3. The molecule has 17 heavy (non-hydrogen) atoms. The Morgan fingerprint density at radius 1 is 1.41 bits per heavy atom. The number of amides is 1. The van der Waals surface area contributed by atoms with Crippen molar-refractivity contribution >= 4 is 5.91 Å². The molecule has 0 unspecified atom stereocenters. The predicted molar refractivity (Wildman–Crippen MR) is 66.8 cm³/mol. The molecule has 2 heterocycles. The summed E-state index contributed by atoms with van der Waals surface area (Å²) in [7, 11) is 0. The van der Waals surface area contributed by atoms with Crippen molar-refractivity contribution < 1.29 is 9.53 Å². The van der Waals surface area contributed by atoms with E-state index in [9.17, 15) is 4.79 Å². The molecule has 0 aromatic rings. The lowest BCUT2D eigenvalue weighted by molar-refractivity contribution is -0.215. The summed E-state index contributed by atoms with van der Waals surface area (Å²) in [6, 6.07) is 0. The molecule has 1 spiro atoms. The standard InChI is InChI=1S/C13H24N2O2/c1-5-15-9-13(17-11(4)12(15)16)7-14(8-13)6-10(2)3/h10-11H,5-9H2,1-4H3/t11-/m0/s1. The summed E-state index contributed by atoms with van der Waals surface area (Å²) in [4.78, 5) is 16.2. The number of carbonyl (C=O) groups excluding carboxylic acids is 1. The maximum Gasteiger partial charge on any atom is 0.251 e. The topological polar surface area (TPSA) is 32.8 Å². The van der Waals surface area contributed by atoms with Crippen molar-refractivity contribution in [1.29, 1.82) is 0 Å². The largest absolute Gasteiger partial charge is 0.358 e. The van der Waals surface area contributed by atoms with Gasteiger partial charge in [-0.05, 0) is 19.8 Å². The van der Waals surface area contributed by atoms with Gasteiger partial charge in [0.2, 0.25) is 0 Å². The summed E-state index contributed by atoms with van der Waals surface area (Å²) in [5.74, 6) is 0.831. The zero-order chi connectivity index (χ0) is 12.6. The van der Waals surface area contributed by atoms with Crippen LogP contribution in [0.3, 0.4) is 0 Å². The second kappa shape index (κ2) is 4.58. The number of nitrogens with zero attached hydrogens (tertiary/aromatic N) is 2. The van der Waals surface area contributed by atoms with Crippen LogP contribution in [0, 0.1) is 5.92 Å². The van der Waals surface area contributed by atoms with Gasteiger partial charge in [0.1, 0.15) is 11.7 Å². The fraction of sp³-hybridized carbons (Fsp3) is 0.923. The van der Waals surface area contributed by atoms with Gasteiger partial charge in [-0.25, -0.2) is 0 Å². The molecular weight excluding hydrogens is 216 g/mol. The average molecular weight is 240 g/mol. The molecule has 0 N–H and O–H groups in total. The zero-order valence-corrected chi connectivity index (χ0v) is 11.4. The third-order valence-electron chi connectivity index (χ3n) is 3.59. The Hall–Kier alpha value is -0.610. The number of hydrogen-bond donors (Lipinski definition) is 0. The summed E-state index contributed by atoms with van der Waals surface area (Å²) < 4.78 is 5.93. The first-order chi connectivity index (χ1) is 7.96. The second-order valence-electron chi connectivity index (χ2n) is 5.86. The summed E-state index contributed by atoms with van der Waals surface area (Å²) in [6.07, 6.45) is -0.273. The molecule has 1 atom stereocenters. The third kappa shape index (κ3) is 2.47. The summed E-state index contributed by atoms with van der Waals surface area (Å²) in [5, 5.41) is 0. The first-order valence-electron chi connectivity index (χ1n) is 6.65. The average Bonchev–Trinajstić information content (AvgIpc) is 2.20. The molecule has 0 aromatic carbocycles. The van der Waals surface area contributed by atoms with Gasteiger partial charge in [0, 0.05) is 26.2 Å². The van der Waals surface area contributed by atoms with Crippen molar-refractivity contribution in [2.45, 2.75) is 39.4 Å². The molecule has 2 rings (SSSR count). The minimum Gasteiger partial charge on any atom is -0.358 e. The third-order valence-corrected chi connectivity index (χ3v) is 3.59. The van der Waals surface area contributed by atoms with Crippen LogP contribution in [-0.2, 0) is 9.53 Å². The van der Waals surface area contributed by atoms with Crippen LogP contribution in [0.2, 0.25) is 0 Å².